The van der Waals surface area contributed by atoms with Crippen molar-refractivity contribution in [2.45, 2.75) is 51.2 Å². The Kier molecular flexibility index (Phi) is 4.74. The number of carboxylic acids is 1. The second-order valence-corrected chi connectivity index (χ2v) is 5.14. The Hall–Kier alpha value is -0.610. The van der Waals surface area contributed by atoms with Crippen molar-refractivity contribution in [2.75, 3.05) is 20.2 Å². The molecule has 0 aromatic rings. The molecule has 0 aliphatic carbocycles. The summed E-state index contributed by atoms with van der Waals surface area (Å²) < 4.78 is 5.37. The van der Waals surface area contributed by atoms with Gasteiger partial charge in [-0.25, -0.2) is 0 Å². The molecule has 4 nitrogen and oxygen atoms in total. The van der Waals surface area contributed by atoms with Crippen LogP contribution in [-0.2, 0) is 9.53 Å². The maximum atomic E-state index is 10.7. The van der Waals surface area contributed by atoms with Crippen molar-refractivity contribution in [3.05, 3.63) is 0 Å². The van der Waals surface area contributed by atoms with Crippen LogP contribution in [0, 0.1) is 0 Å². The van der Waals surface area contributed by atoms with Crippen LogP contribution in [-0.4, -0.2) is 47.8 Å². The lowest BCUT2D eigenvalue weighted by atomic mass is 10.0. The smallest absolute Gasteiger partial charge is 0.304 e. The van der Waals surface area contributed by atoms with Crippen molar-refractivity contribution in [1.29, 1.82) is 0 Å². The molecule has 1 aliphatic heterocycles. The number of methoxy groups -OCH3 is 1. The predicted molar refractivity (Wildman–Crippen MR) is 62.6 cm³/mol. The van der Waals surface area contributed by atoms with Crippen molar-refractivity contribution in [3.63, 3.8) is 0 Å². The average Bonchev–Trinajstić information content (AvgIpc) is 2.62. The maximum absolute atomic E-state index is 10.7. The van der Waals surface area contributed by atoms with Gasteiger partial charge in [-0.15, -0.1) is 0 Å². The van der Waals surface area contributed by atoms with Crippen LogP contribution in [0.2, 0.25) is 0 Å². The van der Waals surface area contributed by atoms with Crippen LogP contribution in [0.25, 0.3) is 0 Å². The first-order valence-electron chi connectivity index (χ1n) is 5.95. The highest BCUT2D eigenvalue weighted by atomic mass is 16.5. The van der Waals surface area contributed by atoms with Crippen LogP contribution in [0.3, 0.4) is 0 Å². The van der Waals surface area contributed by atoms with E-state index in [1.165, 1.54) is 0 Å². The molecule has 1 unspecified atom stereocenters. The highest BCUT2D eigenvalue weighted by Gasteiger charge is 2.28. The van der Waals surface area contributed by atoms with E-state index in [9.17, 15) is 4.79 Å². The van der Waals surface area contributed by atoms with Crippen molar-refractivity contribution < 1.29 is 14.6 Å². The molecule has 1 atom stereocenters. The molecular formula is C12H23NO3. The number of nitrogens with zero attached hydrogens (tertiary/aromatic N) is 1. The van der Waals surface area contributed by atoms with Gasteiger partial charge in [0, 0.05) is 19.7 Å². The number of aliphatic carboxylic acids is 1. The van der Waals surface area contributed by atoms with Gasteiger partial charge in [0.15, 0.2) is 0 Å². The van der Waals surface area contributed by atoms with Gasteiger partial charge in [-0.3, -0.25) is 9.69 Å². The molecule has 0 aromatic heterocycles. The fourth-order valence-corrected chi connectivity index (χ4v) is 2.14. The summed E-state index contributed by atoms with van der Waals surface area (Å²) in [5.41, 5.74) is -0.115. The number of hydrogen-bond acceptors (Lipinski definition) is 3. The summed E-state index contributed by atoms with van der Waals surface area (Å²) >= 11 is 0. The van der Waals surface area contributed by atoms with E-state index in [1.54, 1.807) is 7.11 Å². The Bertz CT molecular complexity index is 240. The van der Waals surface area contributed by atoms with E-state index in [-0.39, 0.29) is 18.1 Å². The molecule has 94 valence electrons. The quantitative estimate of drug-likeness (QED) is 0.753. The lowest BCUT2D eigenvalue weighted by Crippen LogP contribution is -2.36. The number of carbonyl (C=O) groups is 1. The van der Waals surface area contributed by atoms with Gasteiger partial charge in [0.1, 0.15) is 0 Å². The largest absolute Gasteiger partial charge is 0.481 e. The summed E-state index contributed by atoms with van der Waals surface area (Å²) in [6.07, 6.45) is 3.35. The van der Waals surface area contributed by atoms with E-state index in [1.807, 2.05) is 0 Å². The van der Waals surface area contributed by atoms with Gasteiger partial charge in [-0.1, -0.05) is 0 Å². The Morgan fingerprint density at radius 1 is 1.56 bits per heavy atom. The van der Waals surface area contributed by atoms with Gasteiger partial charge in [0.05, 0.1) is 12.0 Å². The minimum absolute atomic E-state index is 0.115. The maximum Gasteiger partial charge on any atom is 0.304 e. The standard InChI is InChI=1S/C12H23NO3/c1-12(2,16-3)6-8-13-7-4-5-10(13)9-11(14)15/h10H,4-9H2,1-3H3,(H,14,15). The first-order chi connectivity index (χ1) is 7.44. The molecule has 16 heavy (non-hydrogen) atoms. The van der Waals surface area contributed by atoms with Crippen molar-refractivity contribution in [3.8, 4) is 0 Å². The zero-order valence-electron chi connectivity index (χ0n) is 10.5. The fraction of sp³-hybridized carbons (Fsp3) is 0.917. The van der Waals surface area contributed by atoms with E-state index in [0.717, 1.165) is 32.4 Å². The Morgan fingerprint density at radius 2 is 2.25 bits per heavy atom. The molecule has 1 rings (SSSR count). The lowest BCUT2D eigenvalue weighted by molar-refractivity contribution is -0.138. The number of ether oxygens (including phenoxy) is 1. The SMILES string of the molecule is COC(C)(C)CCN1CCCC1CC(=O)O. The van der Waals surface area contributed by atoms with Gasteiger partial charge < -0.3 is 9.84 Å². The molecule has 1 saturated heterocycles. The topological polar surface area (TPSA) is 49.8 Å². The first-order valence-corrected chi connectivity index (χ1v) is 5.95. The summed E-state index contributed by atoms with van der Waals surface area (Å²) in [5, 5.41) is 8.81. The van der Waals surface area contributed by atoms with Gasteiger partial charge in [-0.2, -0.15) is 0 Å². The van der Waals surface area contributed by atoms with Crippen LogP contribution < -0.4 is 0 Å². The molecule has 0 bridgehead atoms. The number of carboxylic acid groups (broad SMARTS) is 1. The first kappa shape index (κ1) is 13.5. The second-order valence-electron chi connectivity index (χ2n) is 5.14. The molecule has 1 N–H and O–H groups in total. The molecule has 1 fully saturated rings. The molecule has 0 amide bonds. The summed E-state index contributed by atoms with van der Waals surface area (Å²) in [5.74, 6) is -0.692. The van der Waals surface area contributed by atoms with E-state index >= 15 is 0 Å². The monoisotopic (exact) mass is 229 g/mol. The highest BCUT2D eigenvalue weighted by Crippen LogP contribution is 2.22. The van der Waals surface area contributed by atoms with Gasteiger partial charge in [0.2, 0.25) is 0 Å². The minimum Gasteiger partial charge on any atom is -0.481 e. The highest BCUT2D eigenvalue weighted by molar-refractivity contribution is 5.67. The fourth-order valence-electron chi connectivity index (χ4n) is 2.14. The number of likely N-dealkylation sites (tertiary alicyclic amines) is 1. The third-order valence-corrected chi connectivity index (χ3v) is 3.46. The van der Waals surface area contributed by atoms with Crippen LogP contribution >= 0.6 is 0 Å². The molecule has 4 heteroatoms. The normalized spacial score (nSPS) is 22.6. The van der Waals surface area contributed by atoms with E-state index < -0.39 is 5.97 Å². The second kappa shape index (κ2) is 5.64. The van der Waals surface area contributed by atoms with Crippen molar-refractivity contribution in [1.82, 2.24) is 4.90 Å². The lowest BCUT2D eigenvalue weighted by Gasteiger charge is -2.29. The van der Waals surface area contributed by atoms with Crippen molar-refractivity contribution >= 4 is 5.97 Å². The summed E-state index contributed by atoms with van der Waals surface area (Å²) in [4.78, 5) is 13.0. The summed E-state index contributed by atoms with van der Waals surface area (Å²) in [6.45, 7) is 6.08. The van der Waals surface area contributed by atoms with Gasteiger partial charge in [-0.05, 0) is 39.7 Å². The third kappa shape index (κ3) is 4.10. The summed E-state index contributed by atoms with van der Waals surface area (Å²) in [7, 11) is 1.72. The van der Waals surface area contributed by atoms with Crippen LogP contribution in [0.5, 0.6) is 0 Å². The Labute approximate surface area is 97.6 Å². The molecular weight excluding hydrogens is 206 g/mol. The molecule has 1 heterocycles. The molecule has 1 aliphatic rings. The molecule has 0 radical (unpaired) electrons. The Morgan fingerprint density at radius 3 is 2.81 bits per heavy atom. The van der Waals surface area contributed by atoms with E-state index in [4.69, 9.17) is 9.84 Å². The predicted octanol–water partition coefficient (Wildman–Crippen LogP) is 1.74. The minimum atomic E-state index is -0.692. The zero-order valence-corrected chi connectivity index (χ0v) is 10.5. The van der Waals surface area contributed by atoms with Crippen LogP contribution in [0.4, 0.5) is 0 Å². The van der Waals surface area contributed by atoms with Crippen molar-refractivity contribution in [2.24, 2.45) is 0 Å². The van der Waals surface area contributed by atoms with Gasteiger partial charge >= 0.3 is 5.97 Å². The van der Waals surface area contributed by atoms with E-state index in [2.05, 4.69) is 18.7 Å². The molecule has 0 saturated carbocycles. The van der Waals surface area contributed by atoms with E-state index in [0.29, 0.717) is 0 Å². The Balaban J connectivity index is 2.38. The molecule has 0 aromatic carbocycles. The summed E-state index contributed by atoms with van der Waals surface area (Å²) in [6, 6.07) is 0.227. The average molecular weight is 229 g/mol. The third-order valence-electron chi connectivity index (χ3n) is 3.46. The molecule has 0 spiro atoms. The number of hydrogen-bond donors (Lipinski definition) is 1. The number of rotatable bonds is 6. The van der Waals surface area contributed by atoms with Crippen LogP contribution in [0.15, 0.2) is 0 Å². The van der Waals surface area contributed by atoms with Crippen LogP contribution in [0.1, 0.15) is 39.5 Å². The van der Waals surface area contributed by atoms with Gasteiger partial charge in [0.25, 0.3) is 0 Å². The zero-order chi connectivity index (χ0) is 12.2.